The predicted molar refractivity (Wildman–Crippen MR) is 164 cm³/mol. The highest BCUT2D eigenvalue weighted by molar-refractivity contribution is 7.91. The summed E-state index contributed by atoms with van der Waals surface area (Å²) in [5, 5.41) is 10.3. The van der Waals surface area contributed by atoms with Crippen molar-refractivity contribution in [1.82, 2.24) is 0 Å². The Kier molecular flexibility index (Phi) is 9.47. The van der Waals surface area contributed by atoms with Crippen LogP contribution in [0, 0.1) is 0 Å². The summed E-state index contributed by atoms with van der Waals surface area (Å²) in [6.45, 7) is 1.99. The van der Waals surface area contributed by atoms with Crippen molar-refractivity contribution in [1.29, 1.82) is 0 Å². The van der Waals surface area contributed by atoms with Crippen molar-refractivity contribution >= 4 is 19.7 Å². The maximum absolute atomic E-state index is 13.0. The van der Waals surface area contributed by atoms with Crippen LogP contribution < -0.4 is 18.9 Å². The van der Waals surface area contributed by atoms with Crippen LogP contribution in [-0.4, -0.2) is 79.9 Å². The molecule has 0 aliphatic carbocycles. The minimum atomic E-state index is -3.75. The van der Waals surface area contributed by atoms with Gasteiger partial charge in [-0.2, -0.15) is 0 Å². The highest BCUT2D eigenvalue weighted by Crippen LogP contribution is 2.27. The molecule has 11 nitrogen and oxygen atoms in total. The highest BCUT2D eigenvalue weighted by atomic mass is 32.2. The van der Waals surface area contributed by atoms with E-state index in [2.05, 4.69) is 0 Å². The molecule has 0 saturated carbocycles. The quantitative estimate of drug-likeness (QED) is 0.174. The molecule has 0 radical (unpaired) electrons. The van der Waals surface area contributed by atoms with Gasteiger partial charge >= 0.3 is 0 Å². The van der Waals surface area contributed by atoms with E-state index < -0.39 is 25.8 Å². The van der Waals surface area contributed by atoms with Crippen molar-refractivity contribution in [2.75, 3.05) is 39.6 Å². The van der Waals surface area contributed by atoms with Crippen LogP contribution in [0.1, 0.15) is 0 Å². The van der Waals surface area contributed by atoms with Crippen LogP contribution in [0.15, 0.2) is 117 Å². The maximum Gasteiger partial charge on any atom is 0.206 e. The summed E-state index contributed by atoms with van der Waals surface area (Å²) in [6.07, 6.45) is -0.799. The fourth-order valence-electron chi connectivity index (χ4n) is 4.27. The second-order valence-electron chi connectivity index (χ2n) is 10.7. The first-order valence-electron chi connectivity index (χ1n) is 14.5. The van der Waals surface area contributed by atoms with Gasteiger partial charge in [0.2, 0.25) is 19.7 Å². The topological polar surface area (TPSA) is 150 Å². The van der Waals surface area contributed by atoms with Gasteiger partial charge in [-0.15, -0.1) is 0 Å². The van der Waals surface area contributed by atoms with Gasteiger partial charge < -0.3 is 33.5 Å². The minimum absolute atomic E-state index is 0.0969. The molecule has 2 aliphatic rings. The van der Waals surface area contributed by atoms with Gasteiger partial charge in [0.25, 0.3) is 0 Å². The Morgan fingerprint density at radius 1 is 0.522 bits per heavy atom. The zero-order chi connectivity index (χ0) is 32.1. The Balaban J connectivity index is 0.959. The average molecular weight is 669 g/mol. The van der Waals surface area contributed by atoms with Crippen LogP contribution in [0.5, 0.6) is 23.0 Å². The Labute approximate surface area is 267 Å². The number of rotatable bonds is 16. The molecule has 2 heterocycles. The van der Waals surface area contributed by atoms with Crippen LogP contribution in [0.25, 0.3) is 0 Å². The molecular formula is C33H32O11S2. The normalized spacial score (nSPS) is 17.3. The van der Waals surface area contributed by atoms with Gasteiger partial charge in [0.1, 0.15) is 67.7 Å². The highest BCUT2D eigenvalue weighted by Gasteiger charge is 2.24. The Bertz CT molecular complexity index is 1680. The number of aliphatic hydroxyl groups is 1. The lowest BCUT2D eigenvalue weighted by atomic mass is 10.3. The van der Waals surface area contributed by atoms with Gasteiger partial charge in [0, 0.05) is 0 Å². The molecule has 242 valence electrons. The summed E-state index contributed by atoms with van der Waals surface area (Å²) in [6, 6.07) is 24.2. The number of ether oxygens (including phenoxy) is 6. The lowest BCUT2D eigenvalue weighted by Gasteiger charge is -2.14. The van der Waals surface area contributed by atoms with E-state index in [1.165, 1.54) is 72.8 Å². The van der Waals surface area contributed by atoms with Crippen LogP contribution >= 0.6 is 0 Å². The molecule has 13 heteroatoms. The number of hydrogen-bond acceptors (Lipinski definition) is 11. The Morgan fingerprint density at radius 2 is 0.783 bits per heavy atom. The van der Waals surface area contributed by atoms with Gasteiger partial charge in [-0.3, -0.25) is 0 Å². The fourth-order valence-corrected chi connectivity index (χ4v) is 6.79. The molecule has 1 N–H and O–H groups in total. The van der Waals surface area contributed by atoms with Crippen LogP contribution in [0.4, 0.5) is 0 Å². The van der Waals surface area contributed by atoms with E-state index in [9.17, 15) is 21.9 Å². The van der Waals surface area contributed by atoms with Gasteiger partial charge in [0.05, 0.1) is 32.8 Å². The van der Waals surface area contributed by atoms with E-state index in [-0.39, 0.29) is 45.0 Å². The SMILES string of the molecule is O=S(=O)(c1ccc(OCC(O)COc2ccc(S(=O)(=O)c3ccc(OC[C@H]4CO4)cc3)cc2)cc1)c1ccc(OC[C@H]2CO2)cc1. The van der Waals surface area contributed by atoms with E-state index in [0.29, 0.717) is 49.4 Å². The minimum Gasteiger partial charge on any atom is -0.491 e. The first kappa shape index (κ1) is 31.8. The van der Waals surface area contributed by atoms with E-state index in [1.807, 2.05) is 0 Å². The second kappa shape index (κ2) is 13.7. The molecule has 0 spiro atoms. The summed E-state index contributed by atoms with van der Waals surface area (Å²) in [5.41, 5.74) is 0. The molecule has 4 aromatic rings. The maximum atomic E-state index is 13.0. The third-order valence-corrected chi connectivity index (χ3v) is 10.7. The first-order valence-corrected chi connectivity index (χ1v) is 17.5. The molecule has 0 amide bonds. The number of epoxide rings is 2. The van der Waals surface area contributed by atoms with Crippen molar-refractivity contribution < 1.29 is 50.4 Å². The summed E-state index contributed by atoms with van der Waals surface area (Å²) < 4.78 is 84.6. The summed E-state index contributed by atoms with van der Waals surface area (Å²) in [4.78, 5) is 0.460. The Hall–Kier alpha value is -4.14. The third kappa shape index (κ3) is 8.17. The summed E-state index contributed by atoms with van der Waals surface area (Å²) in [7, 11) is -7.49. The molecule has 2 fully saturated rings. The lowest BCUT2D eigenvalue weighted by molar-refractivity contribution is 0.0626. The molecule has 0 aromatic heterocycles. The third-order valence-electron chi connectivity index (χ3n) is 7.10. The van der Waals surface area contributed by atoms with Gasteiger partial charge in [-0.05, 0) is 97.1 Å². The monoisotopic (exact) mass is 668 g/mol. The molecule has 2 atom stereocenters. The number of benzene rings is 4. The molecule has 4 aromatic carbocycles. The van der Waals surface area contributed by atoms with E-state index >= 15 is 0 Å². The number of aliphatic hydroxyl groups excluding tert-OH is 1. The van der Waals surface area contributed by atoms with Crippen molar-refractivity contribution in [3.8, 4) is 23.0 Å². The van der Waals surface area contributed by atoms with Crippen molar-refractivity contribution in [3.05, 3.63) is 97.1 Å². The molecule has 46 heavy (non-hydrogen) atoms. The first-order chi connectivity index (χ1) is 22.2. The van der Waals surface area contributed by atoms with Gasteiger partial charge in [0.15, 0.2) is 0 Å². The van der Waals surface area contributed by atoms with Crippen LogP contribution in [-0.2, 0) is 29.1 Å². The van der Waals surface area contributed by atoms with Gasteiger partial charge in [-0.25, -0.2) is 16.8 Å². The average Bonchev–Trinajstić information content (AvgIpc) is 4.01. The molecule has 2 aliphatic heterocycles. The number of sulfone groups is 2. The molecule has 2 saturated heterocycles. The van der Waals surface area contributed by atoms with E-state index in [0.717, 1.165) is 0 Å². The van der Waals surface area contributed by atoms with Crippen molar-refractivity contribution in [2.24, 2.45) is 0 Å². The predicted octanol–water partition coefficient (Wildman–Crippen LogP) is 3.73. The zero-order valence-corrected chi connectivity index (χ0v) is 26.2. The van der Waals surface area contributed by atoms with Crippen LogP contribution in [0.2, 0.25) is 0 Å². The smallest absolute Gasteiger partial charge is 0.206 e. The lowest BCUT2D eigenvalue weighted by Crippen LogP contribution is -2.25. The largest absolute Gasteiger partial charge is 0.491 e. The summed E-state index contributed by atoms with van der Waals surface area (Å²) in [5.74, 6) is 1.87. The van der Waals surface area contributed by atoms with Crippen LogP contribution in [0.3, 0.4) is 0 Å². The van der Waals surface area contributed by atoms with E-state index in [4.69, 9.17) is 28.4 Å². The standard InChI is InChI=1S/C33H32O11S2/c34-23(17-39-24-1-9-30(10-2-24)45(35,36)32-13-5-26(6-14-32)41-19-28-21-43-28)18-40-25-3-11-31(12-4-25)46(37,38)33-15-7-27(8-16-33)42-20-29-22-44-29/h1-16,23,28-29,34H,17-22H2/t28-,29-/m0/s1. The van der Waals surface area contributed by atoms with Gasteiger partial charge in [-0.1, -0.05) is 0 Å². The number of hydrogen-bond donors (Lipinski definition) is 1. The summed E-state index contributed by atoms with van der Waals surface area (Å²) >= 11 is 0. The van der Waals surface area contributed by atoms with Crippen molar-refractivity contribution in [3.63, 3.8) is 0 Å². The molecule has 0 bridgehead atoms. The molecule has 0 unspecified atom stereocenters. The second-order valence-corrected chi connectivity index (χ2v) is 14.6. The Morgan fingerprint density at radius 3 is 1.04 bits per heavy atom. The van der Waals surface area contributed by atoms with E-state index in [1.54, 1.807) is 24.3 Å². The zero-order valence-electron chi connectivity index (χ0n) is 24.6. The molecular weight excluding hydrogens is 636 g/mol. The van der Waals surface area contributed by atoms with Crippen molar-refractivity contribution in [2.45, 2.75) is 37.9 Å². The molecule has 6 rings (SSSR count). The fraction of sp³-hybridized carbons (Fsp3) is 0.273.